The van der Waals surface area contributed by atoms with E-state index in [2.05, 4.69) is 6.92 Å². The Kier molecular flexibility index (Phi) is 6.01. The molecule has 1 aromatic carbocycles. The van der Waals surface area contributed by atoms with Crippen LogP contribution in [0.5, 0.6) is 5.75 Å². The molecule has 0 aromatic heterocycles. The van der Waals surface area contributed by atoms with Crippen molar-refractivity contribution in [3.05, 3.63) is 28.8 Å². The maximum atomic E-state index is 10.1. The molecule has 0 amide bonds. The molecular weight excluding hydrogens is 216 g/mol. The van der Waals surface area contributed by atoms with E-state index in [4.69, 9.17) is 9.47 Å². The fourth-order valence-corrected chi connectivity index (χ4v) is 1.68. The molecule has 0 aliphatic carbocycles. The van der Waals surface area contributed by atoms with Crippen LogP contribution in [0.4, 0.5) is 0 Å². The lowest BCUT2D eigenvalue weighted by molar-refractivity contribution is 0.126. The maximum absolute atomic E-state index is 10.1. The number of phenolic OH excluding ortho intramolecular Hbond substituents is 1. The quantitative estimate of drug-likeness (QED) is 0.793. The van der Waals surface area contributed by atoms with E-state index >= 15 is 0 Å². The van der Waals surface area contributed by atoms with Gasteiger partial charge in [0.25, 0.3) is 0 Å². The largest absolute Gasteiger partial charge is 0.507 e. The van der Waals surface area contributed by atoms with Crippen LogP contribution in [0.2, 0.25) is 0 Å². The van der Waals surface area contributed by atoms with Crippen LogP contribution in [0.25, 0.3) is 0 Å². The van der Waals surface area contributed by atoms with Gasteiger partial charge in [0, 0.05) is 24.3 Å². The van der Waals surface area contributed by atoms with Crippen molar-refractivity contribution < 1.29 is 14.6 Å². The van der Waals surface area contributed by atoms with Gasteiger partial charge in [-0.3, -0.25) is 0 Å². The molecule has 96 valence electrons. The lowest BCUT2D eigenvalue weighted by Crippen LogP contribution is -2.00. The molecule has 0 atom stereocenters. The van der Waals surface area contributed by atoms with E-state index in [1.54, 1.807) is 0 Å². The summed E-state index contributed by atoms with van der Waals surface area (Å²) in [6, 6.07) is 4.00. The summed E-state index contributed by atoms with van der Waals surface area (Å²) in [5, 5.41) is 10.1. The molecule has 0 radical (unpaired) electrons. The van der Waals surface area contributed by atoms with Crippen LogP contribution in [-0.2, 0) is 29.1 Å². The summed E-state index contributed by atoms with van der Waals surface area (Å²) in [5.74, 6) is 0.309. The van der Waals surface area contributed by atoms with Crippen LogP contribution in [0.3, 0.4) is 0 Å². The van der Waals surface area contributed by atoms with E-state index in [0.717, 1.165) is 17.5 Å². The van der Waals surface area contributed by atoms with E-state index in [1.165, 1.54) is 5.56 Å². The molecule has 0 heterocycles. The van der Waals surface area contributed by atoms with Crippen LogP contribution in [0.15, 0.2) is 12.1 Å². The van der Waals surface area contributed by atoms with Gasteiger partial charge < -0.3 is 14.6 Å². The molecule has 0 spiro atoms. The van der Waals surface area contributed by atoms with Crippen LogP contribution in [0.1, 0.15) is 37.5 Å². The predicted octanol–water partition coefficient (Wildman–Crippen LogP) is 3.03. The van der Waals surface area contributed by atoms with Crippen LogP contribution in [-0.4, -0.2) is 18.3 Å². The first-order valence-electron chi connectivity index (χ1n) is 6.21. The first kappa shape index (κ1) is 14.0. The lowest BCUT2D eigenvalue weighted by Gasteiger charge is -2.12. The Morgan fingerprint density at radius 2 is 1.41 bits per heavy atom. The fraction of sp³-hybridized carbons (Fsp3) is 0.571. The average Bonchev–Trinajstić information content (AvgIpc) is 2.36. The number of aromatic hydroxyl groups is 1. The molecule has 1 aromatic rings. The Bertz CT molecular complexity index is 318. The van der Waals surface area contributed by atoms with Crippen molar-refractivity contribution in [1.29, 1.82) is 0 Å². The van der Waals surface area contributed by atoms with E-state index in [1.807, 2.05) is 26.0 Å². The van der Waals surface area contributed by atoms with Crippen molar-refractivity contribution in [2.45, 2.75) is 40.4 Å². The van der Waals surface area contributed by atoms with E-state index in [9.17, 15) is 5.11 Å². The standard InChI is InChI=1S/C14H22O3/c1-4-11-7-12(9-16-5-2)14(15)13(8-11)10-17-6-3/h7-8,15H,4-6,9-10H2,1-3H3. The normalized spacial score (nSPS) is 10.8. The molecule has 0 unspecified atom stereocenters. The second-order valence-corrected chi connectivity index (χ2v) is 3.89. The summed E-state index contributed by atoms with van der Waals surface area (Å²) in [6.07, 6.45) is 0.943. The van der Waals surface area contributed by atoms with Crippen LogP contribution in [0, 0.1) is 0 Å². The van der Waals surface area contributed by atoms with Crippen LogP contribution >= 0.6 is 0 Å². The van der Waals surface area contributed by atoms with Crippen molar-refractivity contribution in [1.82, 2.24) is 0 Å². The minimum atomic E-state index is 0.309. The highest BCUT2D eigenvalue weighted by molar-refractivity contribution is 5.43. The molecule has 0 saturated heterocycles. The first-order valence-corrected chi connectivity index (χ1v) is 6.21. The van der Waals surface area contributed by atoms with Gasteiger partial charge in [0.2, 0.25) is 0 Å². The van der Waals surface area contributed by atoms with Crippen molar-refractivity contribution in [2.24, 2.45) is 0 Å². The second-order valence-electron chi connectivity index (χ2n) is 3.89. The summed E-state index contributed by atoms with van der Waals surface area (Å²) < 4.78 is 10.7. The molecule has 1 rings (SSSR count). The third-order valence-electron chi connectivity index (χ3n) is 2.66. The van der Waals surface area contributed by atoms with Gasteiger partial charge in [0.05, 0.1) is 13.2 Å². The predicted molar refractivity (Wildman–Crippen MR) is 68.1 cm³/mol. The summed E-state index contributed by atoms with van der Waals surface area (Å²) >= 11 is 0. The SMILES string of the molecule is CCOCc1cc(CC)cc(COCC)c1O. The first-order chi connectivity index (χ1) is 8.22. The fourth-order valence-electron chi connectivity index (χ4n) is 1.68. The maximum Gasteiger partial charge on any atom is 0.126 e. The molecule has 3 nitrogen and oxygen atoms in total. The molecule has 3 heteroatoms. The average molecular weight is 238 g/mol. The molecule has 0 aliphatic heterocycles. The third kappa shape index (κ3) is 4.02. The zero-order chi connectivity index (χ0) is 12.7. The number of ether oxygens (including phenoxy) is 2. The summed E-state index contributed by atoms with van der Waals surface area (Å²) in [6.45, 7) is 8.20. The van der Waals surface area contributed by atoms with Gasteiger partial charge in [-0.1, -0.05) is 6.92 Å². The molecular formula is C14H22O3. The Labute approximate surface area is 103 Å². The molecule has 1 N–H and O–H groups in total. The Hall–Kier alpha value is -1.06. The van der Waals surface area contributed by atoms with Gasteiger partial charge in [-0.15, -0.1) is 0 Å². The van der Waals surface area contributed by atoms with Gasteiger partial charge in [-0.2, -0.15) is 0 Å². The number of hydrogen-bond acceptors (Lipinski definition) is 3. The summed E-state index contributed by atoms with van der Waals surface area (Å²) in [4.78, 5) is 0. The lowest BCUT2D eigenvalue weighted by atomic mass is 10.0. The highest BCUT2D eigenvalue weighted by Gasteiger charge is 2.09. The van der Waals surface area contributed by atoms with Gasteiger partial charge in [-0.25, -0.2) is 0 Å². The number of aryl methyl sites for hydroxylation is 1. The van der Waals surface area contributed by atoms with Crippen LogP contribution < -0.4 is 0 Å². The minimum Gasteiger partial charge on any atom is -0.507 e. The van der Waals surface area contributed by atoms with Gasteiger partial charge in [0.15, 0.2) is 0 Å². The van der Waals surface area contributed by atoms with Crippen molar-refractivity contribution >= 4 is 0 Å². The third-order valence-corrected chi connectivity index (χ3v) is 2.66. The second kappa shape index (κ2) is 7.30. The van der Waals surface area contributed by atoms with Gasteiger partial charge >= 0.3 is 0 Å². The summed E-state index contributed by atoms with van der Waals surface area (Å²) in [7, 11) is 0. The van der Waals surface area contributed by atoms with Crippen molar-refractivity contribution in [3.63, 3.8) is 0 Å². The monoisotopic (exact) mass is 238 g/mol. The molecule has 0 bridgehead atoms. The topological polar surface area (TPSA) is 38.7 Å². The highest BCUT2D eigenvalue weighted by Crippen LogP contribution is 2.26. The molecule has 17 heavy (non-hydrogen) atoms. The van der Waals surface area contributed by atoms with Crippen molar-refractivity contribution in [3.8, 4) is 5.75 Å². The smallest absolute Gasteiger partial charge is 0.126 e. The minimum absolute atomic E-state index is 0.309. The van der Waals surface area contributed by atoms with E-state index < -0.39 is 0 Å². The van der Waals surface area contributed by atoms with Gasteiger partial charge in [-0.05, 0) is 38.0 Å². The number of phenols is 1. The Morgan fingerprint density at radius 3 is 1.76 bits per heavy atom. The number of benzene rings is 1. The highest BCUT2D eigenvalue weighted by atomic mass is 16.5. The number of rotatable bonds is 7. The molecule has 0 saturated carbocycles. The van der Waals surface area contributed by atoms with Crippen molar-refractivity contribution in [2.75, 3.05) is 13.2 Å². The van der Waals surface area contributed by atoms with Gasteiger partial charge in [0.1, 0.15) is 5.75 Å². The number of hydrogen-bond donors (Lipinski definition) is 1. The van der Waals surface area contributed by atoms with E-state index in [-0.39, 0.29) is 0 Å². The molecule has 0 fully saturated rings. The zero-order valence-electron chi connectivity index (χ0n) is 11.0. The summed E-state index contributed by atoms with van der Waals surface area (Å²) in [5.41, 5.74) is 2.90. The molecule has 0 aliphatic rings. The Morgan fingerprint density at radius 1 is 0.941 bits per heavy atom. The van der Waals surface area contributed by atoms with E-state index in [0.29, 0.717) is 32.2 Å². The Balaban J connectivity index is 2.94. The zero-order valence-corrected chi connectivity index (χ0v) is 11.0.